The van der Waals surface area contributed by atoms with E-state index in [4.69, 9.17) is 23.2 Å². The third kappa shape index (κ3) is 3.29. The molecule has 2 N–H and O–H groups in total. The second kappa shape index (κ2) is 5.94. The summed E-state index contributed by atoms with van der Waals surface area (Å²) in [5.74, 6) is 0. The maximum Gasteiger partial charge on any atom is 0.293 e. The van der Waals surface area contributed by atoms with Crippen molar-refractivity contribution in [3.8, 4) is 0 Å². The van der Waals surface area contributed by atoms with Crippen LogP contribution < -0.4 is 5.32 Å². The van der Waals surface area contributed by atoms with Gasteiger partial charge in [-0.25, -0.2) is 0 Å². The molecule has 1 fully saturated rings. The Kier molecular flexibility index (Phi) is 4.50. The highest BCUT2D eigenvalue weighted by atomic mass is 35.5. The van der Waals surface area contributed by atoms with Gasteiger partial charge in [0.1, 0.15) is 5.69 Å². The molecular formula is C12H14Cl2N2O3. The van der Waals surface area contributed by atoms with Gasteiger partial charge in [0.15, 0.2) is 0 Å². The molecule has 0 saturated heterocycles. The van der Waals surface area contributed by atoms with Crippen LogP contribution in [-0.2, 0) is 0 Å². The molecule has 1 aliphatic carbocycles. The smallest absolute Gasteiger partial charge is 0.293 e. The Balaban J connectivity index is 2.27. The summed E-state index contributed by atoms with van der Waals surface area (Å²) in [7, 11) is 0. The van der Waals surface area contributed by atoms with Gasteiger partial charge in [-0.05, 0) is 18.9 Å². The molecule has 0 spiro atoms. The first-order valence-electron chi connectivity index (χ1n) is 6.07. The van der Waals surface area contributed by atoms with Gasteiger partial charge >= 0.3 is 0 Å². The van der Waals surface area contributed by atoms with Gasteiger partial charge in [0.2, 0.25) is 0 Å². The first kappa shape index (κ1) is 14.4. The minimum absolute atomic E-state index is 0.132. The molecule has 0 bridgehead atoms. The number of hydrogen-bond acceptors (Lipinski definition) is 4. The van der Waals surface area contributed by atoms with Gasteiger partial charge in [0.25, 0.3) is 5.69 Å². The average molecular weight is 305 g/mol. The summed E-state index contributed by atoms with van der Waals surface area (Å²) in [4.78, 5) is 10.5. The first-order valence-corrected chi connectivity index (χ1v) is 6.82. The fraction of sp³-hybridized carbons (Fsp3) is 0.500. The Labute approximate surface area is 120 Å². The number of rotatable bonds is 3. The van der Waals surface area contributed by atoms with E-state index in [0.717, 1.165) is 19.3 Å². The van der Waals surface area contributed by atoms with E-state index in [1.165, 1.54) is 12.1 Å². The topological polar surface area (TPSA) is 75.4 Å². The zero-order valence-corrected chi connectivity index (χ0v) is 11.6. The lowest BCUT2D eigenvalue weighted by Crippen LogP contribution is -2.36. The Bertz CT molecular complexity index is 496. The van der Waals surface area contributed by atoms with Gasteiger partial charge in [-0.3, -0.25) is 10.1 Å². The van der Waals surface area contributed by atoms with Crippen molar-refractivity contribution in [2.45, 2.75) is 37.8 Å². The predicted octanol–water partition coefficient (Wildman–Crippen LogP) is 3.62. The third-order valence-corrected chi connectivity index (χ3v) is 4.03. The van der Waals surface area contributed by atoms with E-state index in [1.807, 2.05) is 0 Å². The molecule has 5 nitrogen and oxygen atoms in total. The number of anilines is 1. The Morgan fingerprint density at radius 3 is 2.53 bits per heavy atom. The molecule has 0 heterocycles. The molecule has 0 aromatic heterocycles. The molecule has 1 aromatic rings. The monoisotopic (exact) mass is 304 g/mol. The van der Waals surface area contributed by atoms with Gasteiger partial charge in [-0.2, -0.15) is 0 Å². The van der Waals surface area contributed by atoms with E-state index >= 15 is 0 Å². The van der Waals surface area contributed by atoms with Crippen LogP contribution in [0.25, 0.3) is 0 Å². The molecule has 1 saturated carbocycles. The van der Waals surface area contributed by atoms with Crippen LogP contribution in [-0.4, -0.2) is 22.2 Å². The summed E-state index contributed by atoms with van der Waals surface area (Å²) in [6.07, 6.45) is 2.95. The second-order valence-corrected chi connectivity index (χ2v) is 5.46. The van der Waals surface area contributed by atoms with Crippen LogP contribution >= 0.6 is 23.2 Å². The summed E-state index contributed by atoms with van der Waals surface area (Å²) in [5.41, 5.74) is 0.164. The maximum atomic E-state index is 11.0. The Hall–Kier alpha value is -1.04. The van der Waals surface area contributed by atoms with E-state index in [9.17, 15) is 15.2 Å². The zero-order valence-electron chi connectivity index (χ0n) is 10.1. The van der Waals surface area contributed by atoms with Gasteiger partial charge in [-0.15, -0.1) is 0 Å². The molecule has 19 heavy (non-hydrogen) atoms. The lowest BCUT2D eigenvalue weighted by atomic mass is 9.92. The van der Waals surface area contributed by atoms with Crippen molar-refractivity contribution >= 4 is 34.6 Å². The molecule has 2 atom stereocenters. The highest BCUT2D eigenvalue weighted by molar-refractivity contribution is 6.42. The number of nitrogens with one attached hydrogen (secondary N) is 1. The lowest BCUT2D eigenvalue weighted by Gasteiger charge is -2.29. The summed E-state index contributed by atoms with van der Waals surface area (Å²) in [6.45, 7) is 0. The minimum Gasteiger partial charge on any atom is -0.391 e. The predicted molar refractivity (Wildman–Crippen MR) is 75.0 cm³/mol. The lowest BCUT2D eigenvalue weighted by molar-refractivity contribution is -0.384. The highest BCUT2D eigenvalue weighted by Gasteiger charge is 2.26. The van der Waals surface area contributed by atoms with Crippen molar-refractivity contribution in [1.29, 1.82) is 0 Å². The van der Waals surface area contributed by atoms with E-state index in [0.29, 0.717) is 12.1 Å². The molecule has 2 rings (SSSR count). The highest BCUT2D eigenvalue weighted by Crippen LogP contribution is 2.35. The van der Waals surface area contributed by atoms with Gasteiger partial charge < -0.3 is 10.4 Å². The molecule has 2 unspecified atom stereocenters. The number of nitro groups is 1. The van der Waals surface area contributed by atoms with Crippen molar-refractivity contribution in [3.05, 3.63) is 32.3 Å². The van der Waals surface area contributed by atoms with Crippen LogP contribution in [0.1, 0.15) is 25.7 Å². The largest absolute Gasteiger partial charge is 0.391 e. The average Bonchev–Trinajstić information content (AvgIpc) is 2.36. The minimum atomic E-state index is -0.514. The summed E-state index contributed by atoms with van der Waals surface area (Å²) in [5, 5.41) is 24.3. The quantitative estimate of drug-likeness (QED) is 0.660. The van der Waals surface area contributed by atoms with E-state index in [-0.39, 0.29) is 21.8 Å². The van der Waals surface area contributed by atoms with Crippen LogP contribution in [0.15, 0.2) is 12.1 Å². The second-order valence-electron chi connectivity index (χ2n) is 4.64. The summed E-state index contributed by atoms with van der Waals surface area (Å²) in [6, 6.07) is 2.47. The number of hydrogen-bond donors (Lipinski definition) is 2. The SMILES string of the molecule is O=[N+]([O-])c1cc(Cl)c(Cl)cc1NC1CCCCC1O. The number of benzene rings is 1. The van der Waals surface area contributed by atoms with Gasteiger partial charge in [0, 0.05) is 6.07 Å². The van der Waals surface area contributed by atoms with Crippen LogP contribution in [0.5, 0.6) is 0 Å². The molecule has 104 valence electrons. The fourth-order valence-electron chi connectivity index (χ4n) is 2.28. The summed E-state index contributed by atoms with van der Waals surface area (Å²) >= 11 is 11.7. The number of nitrogens with zero attached hydrogens (tertiary/aromatic N) is 1. The maximum absolute atomic E-state index is 11.0. The first-order chi connectivity index (χ1) is 8.99. The number of halogens is 2. The third-order valence-electron chi connectivity index (χ3n) is 3.31. The molecule has 0 aliphatic heterocycles. The Morgan fingerprint density at radius 2 is 1.89 bits per heavy atom. The van der Waals surface area contributed by atoms with Crippen LogP contribution in [0.2, 0.25) is 10.0 Å². The van der Waals surface area contributed by atoms with Crippen molar-refractivity contribution in [1.82, 2.24) is 0 Å². The van der Waals surface area contributed by atoms with Crippen molar-refractivity contribution < 1.29 is 10.0 Å². The van der Waals surface area contributed by atoms with Crippen LogP contribution in [0.4, 0.5) is 11.4 Å². The molecule has 0 radical (unpaired) electrons. The fourth-order valence-corrected chi connectivity index (χ4v) is 2.60. The van der Waals surface area contributed by atoms with Crippen LogP contribution in [0, 0.1) is 10.1 Å². The normalized spacial score (nSPS) is 23.1. The number of aliphatic hydroxyl groups is 1. The van der Waals surface area contributed by atoms with E-state index in [2.05, 4.69) is 5.32 Å². The van der Waals surface area contributed by atoms with Crippen molar-refractivity contribution in [3.63, 3.8) is 0 Å². The molecule has 0 amide bonds. The molecular weight excluding hydrogens is 291 g/mol. The van der Waals surface area contributed by atoms with E-state index in [1.54, 1.807) is 0 Å². The number of nitro benzene ring substituents is 1. The molecule has 7 heteroatoms. The van der Waals surface area contributed by atoms with Crippen molar-refractivity contribution in [2.24, 2.45) is 0 Å². The van der Waals surface area contributed by atoms with E-state index < -0.39 is 11.0 Å². The zero-order chi connectivity index (χ0) is 14.0. The van der Waals surface area contributed by atoms with Gasteiger partial charge in [0.05, 0.1) is 27.1 Å². The Morgan fingerprint density at radius 1 is 1.26 bits per heavy atom. The molecule has 1 aromatic carbocycles. The number of aliphatic hydroxyl groups excluding tert-OH is 1. The molecule has 1 aliphatic rings. The summed E-state index contributed by atoms with van der Waals surface area (Å²) < 4.78 is 0. The van der Waals surface area contributed by atoms with Gasteiger partial charge in [-0.1, -0.05) is 36.0 Å². The van der Waals surface area contributed by atoms with Crippen LogP contribution in [0.3, 0.4) is 0 Å². The van der Waals surface area contributed by atoms with Crippen molar-refractivity contribution in [2.75, 3.05) is 5.32 Å². The standard InChI is InChI=1S/C12H14Cl2N2O3/c13-7-5-10(11(16(18)19)6-8(7)14)15-9-3-1-2-4-12(9)17/h5-6,9,12,15,17H,1-4H2.